The number of hydrogen-bond acceptors (Lipinski definition) is 2. The Bertz CT molecular complexity index is 347. The third-order valence-electron chi connectivity index (χ3n) is 2.43. The number of benzene rings is 1. The Morgan fingerprint density at radius 1 is 1.50 bits per heavy atom. The lowest BCUT2D eigenvalue weighted by Crippen LogP contribution is -2.13. The number of carboxylic acids is 1. The molecule has 1 aromatic rings. The van der Waals surface area contributed by atoms with Crippen molar-refractivity contribution in [2.45, 2.75) is 19.9 Å². The summed E-state index contributed by atoms with van der Waals surface area (Å²) in [6, 6.07) is 5.68. The summed E-state index contributed by atoms with van der Waals surface area (Å²) in [6.45, 7) is 3.80. The Morgan fingerprint density at radius 2 is 2.14 bits per heavy atom. The predicted molar refractivity (Wildman–Crippen MR) is 55.6 cm³/mol. The summed E-state index contributed by atoms with van der Waals surface area (Å²) in [5, 5.41) is 12.0. The van der Waals surface area contributed by atoms with E-state index in [2.05, 4.69) is 5.32 Å². The highest BCUT2D eigenvalue weighted by Gasteiger charge is 2.10. The summed E-state index contributed by atoms with van der Waals surface area (Å²) in [7, 11) is 1.85. The van der Waals surface area contributed by atoms with Gasteiger partial charge in [0.05, 0.1) is 5.56 Å². The molecule has 0 fully saturated rings. The number of aryl methyl sites for hydroxylation is 1. The summed E-state index contributed by atoms with van der Waals surface area (Å²) in [6.07, 6.45) is 0. The van der Waals surface area contributed by atoms with E-state index in [0.29, 0.717) is 5.56 Å². The molecule has 76 valence electrons. The van der Waals surface area contributed by atoms with Gasteiger partial charge in [-0.2, -0.15) is 0 Å². The highest BCUT2D eigenvalue weighted by atomic mass is 16.4. The van der Waals surface area contributed by atoms with Crippen LogP contribution < -0.4 is 5.32 Å². The molecular weight excluding hydrogens is 178 g/mol. The van der Waals surface area contributed by atoms with Crippen LogP contribution in [0.4, 0.5) is 0 Å². The molecule has 0 bridgehead atoms. The summed E-state index contributed by atoms with van der Waals surface area (Å²) in [4.78, 5) is 10.9. The number of carbonyl (C=O) groups is 1. The van der Waals surface area contributed by atoms with Gasteiger partial charge in [0, 0.05) is 6.04 Å². The highest BCUT2D eigenvalue weighted by molar-refractivity contribution is 5.89. The van der Waals surface area contributed by atoms with E-state index in [0.717, 1.165) is 11.1 Å². The lowest BCUT2D eigenvalue weighted by molar-refractivity contribution is 0.0696. The molecule has 1 unspecified atom stereocenters. The molecule has 0 saturated heterocycles. The van der Waals surface area contributed by atoms with E-state index < -0.39 is 5.97 Å². The zero-order valence-corrected chi connectivity index (χ0v) is 8.66. The van der Waals surface area contributed by atoms with Crippen molar-refractivity contribution in [3.8, 4) is 0 Å². The average molecular weight is 193 g/mol. The zero-order valence-electron chi connectivity index (χ0n) is 8.66. The quantitative estimate of drug-likeness (QED) is 0.771. The van der Waals surface area contributed by atoms with Gasteiger partial charge in [0.1, 0.15) is 0 Å². The topological polar surface area (TPSA) is 49.3 Å². The van der Waals surface area contributed by atoms with Crippen LogP contribution in [0.5, 0.6) is 0 Å². The van der Waals surface area contributed by atoms with Crippen molar-refractivity contribution < 1.29 is 9.90 Å². The monoisotopic (exact) mass is 193 g/mol. The van der Waals surface area contributed by atoms with Crippen molar-refractivity contribution in [2.24, 2.45) is 0 Å². The van der Waals surface area contributed by atoms with Gasteiger partial charge in [-0.05, 0) is 38.1 Å². The van der Waals surface area contributed by atoms with Crippen molar-refractivity contribution in [1.82, 2.24) is 5.32 Å². The standard InChI is InChI=1S/C11H15NO2/c1-7-4-5-9(8(2)12-3)6-10(7)11(13)14/h4-6,8,12H,1-3H3,(H,13,14). The third kappa shape index (κ3) is 2.12. The van der Waals surface area contributed by atoms with Gasteiger partial charge in [-0.1, -0.05) is 12.1 Å². The first-order valence-electron chi connectivity index (χ1n) is 4.57. The Morgan fingerprint density at radius 3 is 2.64 bits per heavy atom. The van der Waals surface area contributed by atoms with Gasteiger partial charge < -0.3 is 10.4 Å². The second-order valence-corrected chi connectivity index (χ2v) is 3.39. The molecule has 0 heterocycles. The van der Waals surface area contributed by atoms with Gasteiger partial charge in [-0.15, -0.1) is 0 Å². The maximum absolute atomic E-state index is 10.9. The van der Waals surface area contributed by atoms with E-state index >= 15 is 0 Å². The van der Waals surface area contributed by atoms with Crippen LogP contribution in [-0.4, -0.2) is 18.1 Å². The van der Waals surface area contributed by atoms with Crippen LogP contribution in [0.2, 0.25) is 0 Å². The molecule has 0 spiro atoms. The van der Waals surface area contributed by atoms with Crippen LogP contribution in [0.1, 0.15) is 34.5 Å². The van der Waals surface area contributed by atoms with E-state index in [-0.39, 0.29) is 6.04 Å². The fourth-order valence-electron chi connectivity index (χ4n) is 1.31. The molecule has 0 radical (unpaired) electrons. The van der Waals surface area contributed by atoms with Crippen LogP contribution >= 0.6 is 0 Å². The number of carboxylic acid groups (broad SMARTS) is 1. The molecule has 0 aliphatic carbocycles. The van der Waals surface area contributed by atoms with E-state index in [1.807, 2.05) is 26.1 Å². The van der Waals surface area contributed by atoms with Crippen molar-refractivity contribution in [1.29, 1.82) is 0 Å². The first kappa shape index (κ1) is 10.7. The molecular formula is C11H15NO2. The Balaban J connectivity index is 3.12. The van der Waals surface area contributed by atoms with Crippen molar-refractivity contribution in [3.05, 3.63) is 34.9 Å². The first-order chi connectivity index (χ1) is 6.56. The summed E-state index contributed by atoms with van der Waals surface area (Å²) < 4.78 is 0. The minimum atomic E-state index is -0.868. The number of nitrogens with one attached hydrogen (secondary N) is 1. The summed E-state index contributed by atoms with van der Waals surface area (Å²) in [5.74, 6) is -0.868. The smallest absolute Gasteiger partial charge is 0.335 e. The van der Waals surface area contributed by atoms with E-state index in [9.17, 15) is 4.79 Å². The molecule has 0 aliphatic heterocycles. The molecule has 0 aromatic heterocycles. The lowest BCUT2D eigenvalue weighted by atomic mass is 10.0. The predicted octanol–water partition coefficient (Wildman–Crippen LogP) is 1.97. The minimum Gasteiger partial charge on any atom is -0.478 e. The van der Waals surface area contributed by atoms with Crippen LogP contribution in [-0.2, 0) is 0 Å². The molecule has 1 atom stereocenters. The minimum absolute atomic E-state index is 0.175. The first-order valence-corrected chi connectivity index (χ1v) is 4.57. The molecule has 0 amide bonds. The Labute approximate surface area is 83.8 Å². The molecule has 1 aromatic carbocycles. The summed E-state index contributed by atoms with van der Waals surface area (Å²) >= 11 is 0. The fourth-order valence-corrected chi connectivity index (χ4v) is 1.31. The van der Waals surface area contributed by atoms with Crippen LogP contribution in [0, 0.1) is 6.92 Å². The van der Waals surface area contributed by atoms with Crippen LogP contribution in [0.3, 0.4) is 0 Å². The third-order valence-corrected chi connectivity index (χ3v) is 2.43. The SMILES string of the molecule is CNC(C)c1ccc(C)c(C(=O)O)c1. The lowest BCUT2D eigenvalue weighted by Gasteiger charge is -2.12. The maximum Gasteiger partial charge on any atom is 0.335 e. The molecule has 2 N–H and O–H groups in total. The van der Waals surface area contributed by atoms with Crippen LogP contribution in [0.15, 0.2) is 18.2 Å². The molecule has 3 heteroatoms. The largest absolute Gasteiger partial charge is 0.478 e. The number of aromatic carboxylic acids is 1. The van der Waals surface area contributed by atoms with E-state index in [1.165, 1.54) is 0 Å². The van der Waals surface area contributed by atoms with E-state index in [4.69, 9.17) is 5.11 Å². The van der Waals surface area contributed by atoms with Gasteiger partial charge in [-0.3, -0.25) is 0 Å². The van der Waals surface area contributed by atoms with E-state index in [1.54, 1.807) is 13.0 Å². The molecule has 3 nitrogen and oxygen atoms in total. The molecule has 0 saturated carbocycles. The Kier molecular flexibility index (Phi) is 3.25. The number of hydrogen-bond donors (Lipinski definition) is 2. The second-order valence-electron chi connectivity index (χ2n) is 3.39. The fraction of sp³-hybridized carbons (Fsp3) is 0.364. The summed E-state index contributed by atoms with van der Waals surface area (Å²) in [5.41, 5.74) is 2.17. The normalized spacial score (nSPS) is 12.5. The average Bonchev–Trinajstić information content (AvgIpc) is 2.17. The molecule has 1 rings (SSSR count). The van der Waals surface area contributed by atoms with Gasteiger partial charge in [0.2, 0.25) is 0 Å². The van der Waals surface area contributed by atoms with Crippen molar-refractivity contribution in [3.63, 3.8) is 0 Å². The molecule has 0 aliphatic rings. The molecule has 14 heavy (non-hydrogen) atoms. The number of rotatable bonds is 3. The zero-order chi connectivity index (χ0) is 10.7. The van der Waals surface area contributed by atoms with Crippen molar-refractivity contribution >= 4 is 5.97 Å². The maximum atomic E-state index is 10.9. The van der Waals surface area contributed by atoms with Crippen LogP contribution in [0.25, 0.3) is 0 Å². The van der Waals surface area contributed by atoms with Gasteiger partial charge in [0.25, 0.3) is 0 Å². The van der Waals surface area contributed by atoms with Gasteiger partial charge in [-0.25, -0.2) is 4.79 Å². The second kappa shape index (κ2) is 4.24. The van der Waals surface area contributed by atoms with Gasteiger partial charge in [0.15, 0.2) is 0 Å². The Hall–Kier alpha value is -1.35. The highest BCUT2D eigenvalue weighted by Crippen LogP contribution is 2.16. The van der Waals surface area contributed by atoms with Gasteiger partial charge >= 0.3 is 5.97 Å². The van der Waals surface area contributed by atoms with Crippen molar-refractivity contribution in [2.75, 3.05) is 7.05 Å².